The van der Waals surface area contributed by atoms with Crippen molar-refractivity contribution >= 4 is 12.1 Å². The second-order valence-electron chi connectivity index (χ2n) is 6.91. The molecule has 0 bridgehead atoms. The highest BCUT2D eigenvalue weighted by atomic mass is 16.5. The first-order chi connectivity index (χ1) is 10.3. The van der Waals surface area contributed by atoms with Crippen LogP contribution in [0.2, 0.25) is 0 Å². The van der Waals surface area contributed by atoms with Gasteiger partial charge in [0, 0.05) is 0 Å². The number of hydrogen-bond donors (Lipinski definition) is 2. The molecular weight excluding hydrogens is 282 g/mol. The molecule has 0 saturated heterocycles. The van der Waals surface area contributed by atoms with E-state index < -0.39 is 17.6 Å². The number of ether oxygens (including phenoxy) is 1. The van der Waals surface area contributed by atoms with Gasteiger partial charge in [0.1, 0.15) is 12.1 Å². The Hall–Kier alpha value is -2.04. The lowest BCUT2D eigenvalue weighted by Crippen LogP contribution is -2.56. The standard InChI is InChI=1S/C17H23NO4/c1-12-9-16(2,3)11-17(12,14(19)20)18-15(21)22-10-13-7-5-4-6-8-13/h4-8,12H,9-11H2,1-3H3,(H,18,21)(H,19,20). The van der Waals surface area contributed by atoms with E-state index in [2.05, 4.69) is 5.32 Å². The quantitative estimate of drug-likeness (QED) is 0.895. The van der Waals surface area contributed by atoms with Crippen molar-refractivity contribution in [2.45, 2.75) is 45.8 Å². The number of aliphatic carboxylic acids is 1. The van der Waals surface area contributed by atoms with Crippen LogP contribution in [0.4, 0.5) is 4.79 Å². The highest BCUT2D eigenvalue weighted by Crippen LogP contribution is 2.47. The zero-order valence-electron chi connectivity index (χ0n) is 13.3. The fraction of sp³-hybridized carbons (Fsp3) is 0.529. The maximum Gasteiger partial charge on any atom is 0.408 e. The van der Waals surface area contributed by atoms with E-state index >= 15 is 0 Å². The largest absolute Gasteiger partial charge is 0.479 e. The Kier molecular flexibility index (Phi) is 4.44. The number of carboxylic acids is 1. The summed E-state index contributed by atoms with van der Waals surface area (Å²) in [5.41, 5.74) is -0.510. The second-order valence-corrected chi connectivity index (χ2v) is 6.91. The van der Waals surface area contributed by atoms with E-state index in [1.54, 1.807) is 0 Å². The number of carbonyl (C=O) groups is 2. The van der Waals surface area contributed by atoms with E-state index in [1.165, 1.54) is 0 Å². The van der Waals surface area contributed by atoms with Gasteiger partial charge < -0.3 is 15.2 Å². The van der Waals surface area contributed by atoms with Gasteiger partial charge in [-0.3, -0.25) is 0 Å². The number of rotatable bonds is 4. The van der Waals surface area contributed by atoms with Gasteiger partial charge in [0.25, 0.3) is 0 Å². The van der Waals surface area contributed by atoms with Gasteiger partial charge in [0.15, 0.2) is 0 Å². The van der Waals surface area contributed by atoms with E-state index in [1.807, 2.05) is 51.1 Å². The molecule has 1 fully saturated rings. The average Bonchev–Trinajstić information content (AvgIpc) is 2.68. The summed E-state index contributed by atoms with van der Waals surface area (Å²) in [6, 6.07) is 9.29. The fourth-order valence-electron chi connectivity index (χ4n) is 3.45. The van der Waals surface area contributed by atoms with Gasteiger partial charge in [-0.05, 0) is 29.7 Å². The van der Waals surface area contributed by atoms with Crippen LogP contribution >= 0.6 is 0 Å². The topological polar surface area (TPSA) is 75.6 Å². The lowest BCUT2D eigenvalue weighted by molar-refractivity contribution is -0.146. The summed E-state index contributed by atoms with van der Waals surface area (Å²) < 4.78 is 5.17. The summed E-state index contributed by atoms with van der Waals surface area (Å²) >= 11 is 0. The predicted octanol–water partition coefficient (Wildman–Crippen LogP) is 3.19. The van der Waals surface area contributed by atoms with Gasteiger partial charge in [0.05, 0.1) is 0 Å². The molecule has 1 saturated carbocycles. The van der Waals surface area contributed by atoms with Crippen molar-refractivity contribution in [3.8, 4) is 0 Å². The van der Waals surface area contributed by atoms with Crippen molar-refractivity contribution in [1.82, 2.24) is 5.32 Å². The molecule has 0 aromatic heterocycles. The highest BCUT2D eigenvalue weighted by Gasteiger charge is 2.55. The van der Waals surface area contributed by atoms with Crippen LogP contribution < -0.4 is 5.32 Å². The third-order valence-electron chi connectivity index (χ3n) is 4.38. The van der Waals surface area contributed by atoms with Gasteiger partial charge in [-0.25, -0.2) is 9.59 Å². The molecule has 2 unspecified atom stereocenters. The van der Waals surface area contributed by atoms with Crippen molar-refractivity contribution in [1.29, 1.82) is 0 Å². The molecule has 5 nitrogen and oxygen atoms in total. The number of amides is 1. The minimum absolute atomic E-state index is 0.121. The number of carboxylic acid groups (broad SMARTS) is 1. The minimum atomic E-state index is -1.25. The Bertz CT molecular complexity index is 555. The van der Waals surface area contributed by atoms with Crippen LogP contribution in [0.15, 0.2) is 30.3 Å². The molecule has 22 heavy (non-hydrogen) atoms. The minimum Gasteiger partial charge on any atom is -0.479 e. The first kappa shape index (κ1) is 16.3. The number of nitrogens with one attached hydrogen (secondary N) is 1. The molecule has 1 aromatic carbocycles. The van der Waals surface area contributed by atoms with E-state index in [0.717, 1.165) is 12.0 Å². The fourth-order valence-corrected chi connectivity index (χ4v) is 3.45. The van der Waals surface area contributed by atoms with Crippen LogP contribution in [0.25, 0.3) is 0 Å². The summed E-state index contributed by atoms with van der Waals surface area (Å²) in [7, 11) is 0. The van der Waals surface area contributed by atoms with Crippen molar-refractivity contribution < 1.29 is 19.4 Å². The third-order valence-corrected chi connectivity index (χ3v) is 4.38. The highest BCUT2D eigenvalue weighted by molar-refractivity contribution is 5.85. The van der Waals surface area contributed by atoms with Crippen LogP contribution in [0.5, 0.6) is 0 Å². The first-order valence-electron chi connectivity index (χ1n) is 7.47. The maximum atomic E-state index is 12.0. The van der Waals surface area contributed by atoms with Crippen molar-refractivity contribution in [2.24, 2.45) is 11.3 Å². The average molecular weight is 305 g/mol. The number of alkyl carbamates (subject to hydrolysis) is 1. The number of carbonyl (C=O) groups excluding carboxylic acids is 1. The Labute approximate surface area is 130 Å². The number of hydrogen-bond acceptors (Lipinski definition) is 3. The van der Waals surface area contributed by atoms with Gasteiger partial charge >= 0.3 is 12.1 Å². The molecule has 0 heterocycles. The zero-order valence-corrected chi connectivity index (χ0v) is 13.3. The molecule has 2 N–H and O–H groups in total. The van der Waals surface area contributed by atoms with E-state index in [4.69, 9.17) is 4.74 Å². The molecule has 2 rings (SSSR count). The molecule has 0 radical (unpaired) electrons. The zero-order chi connectivity index (χ0) is 16.4. The molecule has 2 atom stereocenters. The summed E-state index contributed by atoms with van der Waals surface area (Å²) in [4.78, 5) is 23.8. The SMILES string of the molecule is CC1CC(C)(C)CC1(NC(=O)OCc1ccccc1)C(=O)O. The maximum absolute atomic E-state index is 12.0. The van der Waals surface area contributed by atoms with Crippen molar-refractivity contribution in [3.63, 3.8) is 0 Å². The van der Waals surface area contributed by atoms with Crippen LogP contribution in [0.1, 0.15) is 39.2 Å². The van der Waals surface area contributed by atoms with E-state index in [-0.39, 0.29) is 17.9 Å². The monoisotopic (exact) mass is 305 g/mol. The van der Waals surface area contributed by atoms with Crippen LogP contribution in [0.3, 0.4) is 0 Å². The van der Waals surface area contributed by atoms with Crippen LogP contribution in [0, 0.1) is 11.3 Å². The molecule has 0 spiro atoms. The second kappa shape index (κ2) is 5.99. The molecule has 1 amide bonds. The van der Waals surface area contributed by atoms with Crippen LogP contribution in [-0.2, 0) is 16.1 Å². The first-order valence-corrected chi connectivity index (χ1v) is 7.47. The lowest BCUT2D eigenvalue weighted by Gasteiger charge is -2.30. The number of benzene rings is 1. The molecule has 1 aliphatic rings. The van der Waals surface area contributed by atoms with E-state index in [9.17, 15) is 14.7 Å². The smallest absolute Gasteiger partial charge is 0.408 e. The normalized spacial score (nSPS) is 26.4. The van der Waals surface area contributed by atoms with Crippen molar-refractivity contribution in [3.05, 3.63) is 35.9 Å². The summed E-state index contributed by atoms with van der Waals surface area (Å²) in [5, 5.41) is 12.2. The Morgan fingerprint density at radius 3 is 2.45 bits per heavy atom. The molecule has 0 aliphatic heterocycles. The molecule has 1 aliphatic carbocycles. The van der Waals surface area contributed by atoms with Gasteiger partial charge in [-0.2, -0.15) is 0 Å². The van der Waals surface area contributed by atoms with E-state index in [0.29, 0.717) is 6.42 Å². The lowest BCUT2D eigenvalue weighted by atomic mass is 9.86. The Morgan fingerprint density at radius 1 is 1.32 bits per heavy atom. The summed E-state index contributed by atoms with van der Waals surface area (Å²) in [6.45, 7) is 6.02. The molecule has 120 valence electrons. The predicted molar refractivity (Wildman–Crippen MR) is 82.3 cm³/mol. The van der Waals surface area contributed by atoms with Crippen molar-refractivity contribution in [2.75, 3.05) is 0 Å². The molecular formula is C17H23NO4. The third kappa shape index (κ3) is 3.40. The van der Waals surface area contributed by atoms with Gasteiger partial charge in [-0.15, -0.1) is 0 Å². The van der Waals surface area contributed by atoms with Gasteiger partial charge in [0.2, 0.25) is 0 Å². The Balaban J connectivity index is 2.03. The molecule has 5 heteroatoms. The van der Waals surface area contributed by atoms with Crippen LogP contribution in [-0.4, -0.2) is 22.7 Å². The molecule has 1 aromatic rings. The summed E-state index contributed by atoms with van der Waals surface area (Å²) in [6.07, 6.45) is 0.464. The summed E-state index contributed by atoms with van der Waals surface area (Å²) in [5.74, 6) is -1.15. The Morgan fingerprint density at radius 2 is 1.95 bits per heavy atom. The van der Waals surface area contributed by atoms with Gasteiger partial charge in [-0.1, -0.05) is 51.1 Å².